The second-order valence-electron chi connectivity index (χ2n) is 5.00. The van der Waals surface area contributed by atoms with E-state index >= 15 is 0 Å². The standard InChI is InChI=1S/C11H18N2O4/c12-8(6-1-2-6)4-10(15)13-5-7(14)3-9(13)11(16)17/h6-9,14H,1-5,12H2,(H,16,17)/t7-,8?,9+/m1/s1. The Morgan fingerprint density at radius 1 is 1.41 bits per heavy atom. The number of hydrogen-bond acceptors (Lipinski definition) is 4. The predicted molar refractivity (Wildman–Crippen MR) is 59.1 cm³/mol. The highest BCUT2D eigenvalue weighted by molar-refractivity contribution is 5.84. The first-order valence-corrected chi connectivity index (χ1v) is 5.95. The highest BCUT2D eigenvalue weighted by Gasteiger charge is 2.40. The lowest BCUT2D eigenvalue weighted by Gasteiger charge is -2.22. The van der Waals surface area contributed by atoms with Gasteiger partial charge in [0.05, 0.1) is 6.10 Å². The molecule has 0 bridgehead atoms. The lowest BCUT2D eigenvalue weighted by molar-refractivity contribution is -0.148. The average Bonchev–Trinajstić information content (AvgIpc) is 3.01. The summed E-state index contributed by atoms with van der Waals surface area (Å²) in [5, 5.41) is 18.4. The minimum Gasteiger partial charge on any atom is -0.480 e. The van der Waals surface area contributed by atoms with Gasteiger partial charge < -0.3 is 20.8 Å². The van der Waals surface area contributed by atoms with Crippen LogP contribution in [-0.2, 0) is 9.59 Å². The summed E-state index contributed by atoms with van der Waals surface area (Å²) in [5.41, 5.74) is 5.85. The summed E-state index contributed by atoms with van der Waals surface area (Å²) in [6.45, 7) is 0.104. The van der Waals surface area contributed by atoms with Gasteiger partial charge in [-0.3, -0.25) is 4.79 Å². The van der Waals surface area contributed by atoms with Crippen molar-refractivity contribution in [3.8, 4) is 0 Å². The van der Waals surface area contributed by atoms with Crippen LogP contribution in [0.2, 0.25) is 0 Å². The number of nitrogens with two attached hydrogens (primary N) is 1. The van der Waals surface area contributed by atoms with E-state index in [1.54, 1.807) is 0 Å². The van der Waals surface area contributed by atoms with E-state index in [-0.39, 0.29) is 31.3 Å². The fourth-order valence-electron chi connectivity index (χ4n) is 2.33. The van der Waals surface area contributed by atoms with Crippen molar-refractivity contribution in [1.82, 2.24) is 4.90 Å². The van der Waals surface area contributed by atoms with Crippen molar-refractivity contribution >= 4 is 11.9 Å². The van der Waals surface area contributed by atoms with E-state index in [2.05, 4.69) is 0 Å². The summed E-state index contributed by atoms with van der Waals surface area (Å²) >= 11 is 0. The van der Waals surface area contributed by atoms with Gasteiger partial charge >= 0.3 is 5.97 Å². The molecule has 2 rings (SSSR count). The highest BCUT2D eigenvalue weighted by Crippen LogP contribution is 2.33. The van der Waals surface area contributed by atoms with Gasteiger partial charge in [-0.1, -0.05) is 0 Å². The molecule has 0 aromatic carbocycles. The maximum absolute atomic E-state index is 11.9. The summed E-state index contributed by atoms with van der Waals surface area (Å²) in [7, 11) is 0. The van der Waals surface area contributed by atoms with Gasteiger partial charge in [-0.2, -0.15) is 0 Å². The minimum absolute atomic E-state index is 0.104. The molecule has 1 amide bonds. The molecule has 0 aromatic heterocycles. The van der Waals surface area contributed by atoms with Crippen LogP contribution in [0.4, 0.5) is 0 Å². The Balaban J connectivity index is 1.94. The summed E-state index contributed by atoms with van der Waals surface area (Å²) in [4.78, 5) is 24.1. The number of nitrogens with zero attached hydrogens (tertiary/aromatic N) is 1. The highest BCUT2D eigenvalue weighted by atomic mass is 16.4. The zero-order valence-corrected chi connectivity index (χ0v) is 9.58. The molecular formula is C11H18N2O4. The Labute approximate surface area is 99.4 Å². The second-order valence-corrected chi connectivity index (χ2v) is 5.00. The van der Waals surface area contributed by atoms with E-state index < -0.39 is 18.1 Å². The van der Waals surface area contributed by atoms with Crippen molar-refractivity contribution in [3.05, 3.63) is 0 Å². The molecule has 1 saturated heterocycles. The van der Waals surface area contributed by atoms with Crippen LogP contribution in [0.25, 0.3) is 0 Å². The molecule has 6 heteroatoms. The van der Waals surface area contributed by atoms with Gasteiger partial charge in [0.15, 0.2) is 0 Å². The van der Waals surface area contributed by atoms with Crippen molar-refractivity contribution in [2.75, 3.05) is 6.54 Å². The zero-order chi connectivity index (χ0) is 12.6. The molecule has 0 aromatic rings. The van der Waals surface area contributed by atoms with Crippen LogP contribution in [0.1, 0.15) is 25.7 Å². The van der Waals surface area contributed by atoms with Gasteiger partial charge in [0, 0.05) is 25.4 Å². The quantitative estimate of drug-likeness (QED) is 0.596. The van der Waals surface area contributed by atoms with E-state index in [0.29, 0.717) is 5.92 Å². The fourth-order valence-corrected chi connectivity index (χ4v) is 2.33. The van der Waals surface area contributed by atoms with E-state index in [1.807, 2.05) is 0 Å². The fraction of sp³-hybridized carbons (Fsp3) is 0.818. The molecule has 1 heterocycles. The molecule has 4 N–H and O–H groups in total. The number of hydrogen-bond donors (Lipinski definition) is 3. The normalized spacial score (nSPS) is 30.4. The average molecular weight is 242 g/mol. The molecule has 96 valence electrons. The molecular weight excluding hydrogens is 224 g/mol. The third kappa shape index (κ3) is 2.76. The van der Waals surface area contributed by atoms with Gasteiger partial charge in [0.25, 0.3) is 0 Å². The molecule has 1 unspecified atom stereocenters. The van der Waals surface area contributed by atoms with E-state index in [4.69, 9.17) is 10.8 Å². The molecule has 1 aliphatic heterocycles. The van der Waals surface area contributed by atoms with Crippen molar-refractivity contribution in [2.45, 2.75) is 43.9 Å². The first-order valence-electron chi connectivity index (χ1n) is 5.95. The van der Waals surface area contributed by atoms with Crippen LogP contribution in [0.5, 0.6) is 0 Å². The Kier molecular flexibility index (Phi) is 3.35. The van der Waals surface area contributed by atoms with Crippen LogP contribution in [0.3, 0.4) is 0 Å². The second kappa shape index (κ2) is 4.62. The molecule has 0 spiro atoms. The Morgan fingerprint density at radius 2 is 2.06 bits per heavy atom. The zero-order valence-electron chi connectivity index (χ0n) is 9.58. The number of likely N-dealkylation sites (tertiary alicyclic amines) is 1. The molecule has 0 radical (unpaired) electrons. The van der Waals surface area contributed by atoms with Crippen LogP contribution >= 0.6 is 0 Å². The van der Waals surface area contributed by atoms with Crippen molar-refractivity contribution in [3.63, 3.8) is 0 Å². The topological polar surface area (TPSA) is 104 Å². The van der Waals surface area contributed by atoms with Crippen LogP contribution < -0.4 is 5.73 Å². The van der Waals surface area contributed by atoms with Crippen LogP contribution in [-0.4, -0.2) is 51.7 Å². The summed E-state index contributed by atoms with van der Waals surface area (Å²) in [5.74, 6) is -0.905. The first kappa shape index (κ1) is 12.3. The Hall–Kier alpha value is -1.14. The summed E-state index contributed by atoms with van der Waals surface area (Å²) in [6, 6.07) is -1.07. The van der Waals surface area contributed by atoms with Crippen LogP contribution in [0.15, 0.2) is 0 Å². The maximum atomic E-state index is 11.9. The van der Waals surface area contributed by atoms with Gasteiger partial charge in [-0.15, -0.1) is 0 Å². The molecule has 1 aliphatic carbocycles. The Bertz CT molecular complexity index is 329. The molecule has 3 atom stereocenters. The van der Waals surface area contributed by atoms with Gasteiger partial charge in [-0.05, 0) is 18.8 Å². The number of carbonyl (C=O) groups excluding carboxylic acids is 1. The lowest BCUT2D eigenvalue weighted by atomic mass is 10.1. The molecule has 6 nitrogen and oxygen atoms in total. The van der Waals surface area contributed by atoms with Crippen LogP contribution in [0, 0.1) is 5.92 Å². The Morgan fingerprint density at radius 3 is 2.59 bits per heavy atom. The SMILES string of the molecule is NC(CC(=O)N1C[C@H](O)C[C@H]1C(=O)O)C1CC1. The van der Waals surface area contributed by atoms with E-state index in [9.17, 15) is 14.7 Å². The third-order valence-corrected chi connectivity index (χ3v) is 3.52. The summed E-state index contributed by atoms with van der Waals surface area (Å²) < 4.78 is 0. The number of rotatable bonds is 4. The van der Waals surface area contributed by atoms with Gasteiger partial charge in [-0.25, -0.2) is 4.79 Å². The number of aliphatic hydroxyl groups excluding tert-OH is 1. The number of carbonyl (C=O) groups is 2. The molecule has 17 heavy (non-hydrogen) atoms. The molecule has 2 fully saturated rings. The van der Waals surface area contributed by atoms with Crippen molar-refractivity contribution < 1.29 is 19.8 Å². The minimum atomic E-state index is -1.06. The number of aliphatic carboxylic acids is 1. The predicted octanol–water partition coefficient (Wildman–Crippen LogP) is -0.840. The number of β-amino-alcohol motifs (C(OH)–C–C–N with tert-alkyl or cyclic N) is 1. The number of amides is 1. The van der Waals surface area contributed by atoms with Crippen molar-refractivity contribution in [2.24, 2.45) is 11.7 Å². The maximum Gasteiger partial charge on any atom is 0.326 e. The number of aliphatic hydroxyl groups is 1. The lowest BCUT2D eigenvalue weighted by Crippen LogP contribution is -2.43. The largest absolute Gasteiger partial charge is 0.480 e. The molecule has 1 saturated carbocycles. The smallest absolute Gasteiger partial charge is 0.326 e. The third-order valence-electron chi connectivity index (χ3n) is 3.52. The number of carboxylic acid groups (broad SMARTS) is 1. The first-order chi connectivity index (χ1) is 7.99. The van der Waals surface area contributed by atoms with Gasteiger partial charge in [0.1, 0.15) is 6.04 Å². The molecule has 2 aliphatic rings. The van der Waals surface area contributed by atoms with Crippen molar-refractivity contribution in [1.29, 1.82) is 0 Å². The van der Waals surface area contributed by atoms with Gasteiger partial charge in [0.2, 0.25) is 5.91 Å². The van der Waals surface area contributed by atoms with E-state index in [1.165, 1.54) is 4.90 Å². The summed E-state index contributed by atoms with van der Waals surface area (Å²) in [6.07, 6.45) is 1.66. The monoisotopic (exact) mass is 242 g/mol. The number of carboxylic acids is 1. The van der Waals surface area contributed by atoms with E-state index in [0.717, 1.165) is 12.8 Å².